The molecule has 0 atom stereocenters. The maximum Gasteiger partial charge on any atom is 0.294 e. The highest BCUT2D eigenvalue weighted by atomic mass is 79.9. The zero-order valence-electron chi connectivity index (χ0n) is 19.7. The van der Waals surface area contributed by atoms with Crippen LogP contribution >= 0.6 is 27.7 Å². The number of para-hydroxylation sites is 2. The molecule has 3 aromatic rings. The van der Waals surface area contributed by atoms with Gasteiger partial charge >= 0.3 is 0 Å². The number of imide groups is 1. The fraction of sp³-hybridized carbons (Fsp3) is 0.111. The molecule has 0 spiro atoms. The molecule has 1 fully saturated rings. The van der Waals surface area contributed by atoms with Crippen LogP contribution in [0, 0.1) is 6.92 Å². The Morgan fingerprint density at radius 2 is 1.70 bits per heavy atom. The van der Waals surface area contributed by atoms with Crippen molar-refractivity contribution < 1.29 is 23.9 Å². The van der Waals surface area contributed by atoms with Gasteiger partial charge in [0.15, 0.2) is 6.61 Å². The minimum absolute atomic E-state index is 0.184. The number of hydrogen-bond acceptors (Lipinski definition) is 6. The first-order valence-corrected chi connectivity index (χ1v) is 12.8. The lowest BCUT2D eigenvalue weighted by atomic mass is 10.2. The Bertz CT molecular complexity index is 1390. The third-order valence-electron chi connectivity index (χ3n) is 5.26. The van der Waals surface area contributed by atoms with E-state index in [9.17, 15) is 19.2 Å². The van der Waals surface area contributed by atoms with Gasteiger partial charge in [-0.15, -0.1) is 0 Å². The molecule has 0 bridgehead atoms. The second kappa shape index (κ2) is 11.9. The van der Waals surface area contributed by atoms with Crippen LogP contribution in [0.5, 0.6) is 5.75 Å². The first kappa shape index (κ1) is 26.2. The van der Waals surface area contributed by atoms with E-state index < -0.39 is 17.1 Å². The van der Waals surface area contributed by atoms with Crippen LogP contribution in [-0.2, 0) is 14.4 Å². The molecule has 1 aliphatic rings. The minimum atomic E-state index is -0.539. The van der Waals surface area contributed by atoms with Gasteiger partial charge in [-0.3, -0.25) is 24.1 Å². The molecule has 0 aliphatic carbocycles. The molecule has 0 unspecified atom stereocenters. The molecule has 4 rings (SSSR count). The van der Waals surface area contributed by atoms with E-state index in [-0.39, 0.29) is 24.0 Å². The van der Waals surface area contributed by atoms with E-state index in [2.05, 4.69) is 26.6 Å². The van der Waals surface area contributed by atoms with Gasteiger partial charge in [-0.25, -0.2) is 0 Å². The highest BCUT2D eigenvalue weighted by Crippen LogP contribution is 2.34. The van der Waals surface area contributed by atoms with Gasteiger partial charge in [0.1, 0.15) is 12.3 Å². The van der Waals surface area contributed by atoms with Gasteiger partial charge in [0.25, 0.3) is 17.1 Å². The van der Waals surface area contributed by atoms with Gasteiger partial charge in [0.05, 0.1) is 9.38 Å². The summed E-state index contributed by atoms with van der Waals surface area (Å²) in [6.45, 7) is 1.34. The number of rotatable bonds is 8. The third kappa shape index (κ3) is 6.87. The van der Waals surface area contributed by atoms with Crippen LogP contribution in [0.4, 0.5) is 16.2 Å². The first-order valence-electron chi connectivity index (χ1n) is 11.2. The average molecular weight is 580 g/mol. The number of amides is 4. The maximum absolute atomic E-state index is 12.8. The van der Waals surface area contributed by atoms with Crippen LogP contribution in [0.15, 0.2) is 82.2 Å². The summed E-state index contributed by atoms with van der Waals surface area (Å²) in [7, 11) is 0. The van der Waals surface area contributed by atoms with Crippen molar-refractivity contribution in [2.75, 3.05) is 23.8 Å². The van der Waals surface area contributed by atoms with Gasteiger partial charge in [-0.1, -0.05) is 42.5 Å². The second-order valence-electron chi connectivity index (χ2n) is 8.02. The van der Waals surface area contributed by atoms with E-state index in [1.807, 2.05) is 37.3 Å². The predicted octanol–water partition coefficient (Wildman–Crippen LogP) is 5.45. The zero-order chi connectivity index (χ0) is 26.4. The van der Waals surface area contributed by atoms with E-state index in [1.54, 1.807) is 48.5 Å². The molecule has 10 heteroatoms. The zero-order valence-corrected chi connectivity index (χ0v) is 22.1. The van der Waals surface area contributed by atoms with E-state index >= 15 is 0 Å². The van der Waals surface area contributed by atoms with Crippen LogP contribution in [0.1, 0.15) is 11.1 Å². The molecule has 3 aromatic carbocycles. The number of carbonyl (C=O) groups is 4. The summed E-state index contributed by atoms with van der Waals surface area (Å²) in [4.78, 5) is 50.8. The van der Waals surface area contributed by atoms with E-state index in [0.717, 1.165) is 27.9 Å². The molecule has 1 aliphatic heterocycles. The van der Waals surface area contributed by atoms with Crippen LogP contribution in [0.2, 0.25) is 0 Å². The third-order valence-corrected chi connectivity index (χ3v) is 6.79. The van der Waals surface area contributed by atoms with Crippen LogP contribution in [0.3, 0.4) is 0 Å². The van der Waals surface area contributed by atoms with E-state index in [0.29, 0.717) is 21.5 Å². The molecule has 8 nitrogen and oxygen atoms in total. The monoisotopic (exact) mass is 579 g/mol. The van der Waals surface area contributed by atoms with Crippen LogP contribution in [-0.4, -0.2) is 41.0 Å². The predicted molar refractivity (Wildman–Crippen MR) is 147 cm³/mol. The fourth-order valence-corrected chi connectivity index (χ4v) is 4.77. The number of ether oxygens (including phenoxy) is 1. The molecular weight excluding hydrogens is 558 g/mol. The van der Waals surface area contributed by atoms with Crippen molar-refractivity contribution in [1.82, 2.24) is 4.90 Å². The smallest absolute Gasteiger partial charge is 0.294 e. The number of halogens is 1. The maximum atomic E-state index is 12.8. The molecule has 37 heavy (non-hydrogen) atoms. The highest BCUT2D eigenvalue weighted by Gasteiger charge is 2.36. The van der Waals surface area contributed by atoms with Gasteiger partial charge in [0, 0.05) is 11.4 Å². The number of thioether (sulfide) groups is 1. The fourth-order valence-electron chi connectivity index (χ4n) is 3.42. The lowest BCUT2D eigenvalue weighted by Gasteiger charge is -2.12. The molecule has 0 aromatic heterocycles. The number of hydrogen-bond donors (Lipinski definition) is 2. The van der Waals surface area contributed by atoms with Crippen molar-refractivity contribution in [3.8, 4) is 5.75 Å². The van der Waals surface area contributed by atoms with Gasteiger partial charge in [-0.2, -0.15) is 0 Å². The lowest BCUT2D eigenvalue weighted by Crippen LogP contribution is -2.36. The molecule has 188 valence electrons. The van der Waals surface area contributed by atoms with Gasteiger partial charge < -0.3 is 15.4 Å². The summed E-state index contributed by atoms with van der Waals surface area (Å²) in [6, 6.07) is 21.3. The average Bonchev–Trinajstić information content (AvgIpc) is 3.12. The van der Waals surface area contributed by atoms with Gasteiger partial charge in [0.2, 0.25) is 5.91 Å². The number of anilines is 2. The number of carbonyl (C=O) groups excluding carboxylic acids is 4. The summed E-state index contributed by atoms with van der Waals surface area (Å²) < 4.78 is 6.20. The Morgan fingerprint density at radius 1 is 0.973 bits per heavy atom. The lowest BCUT2D eigenvalue weighted by molar-refractivity contribution is -0.127. The minimum Gasteiger partial charge on any atom is -0.483 e. The normalized spacial score (nSPS) is 14.1. The molecule has 4 amide bonds. The molecule has 0 radical (unpaired) electrons. The van der Waals surface area contributed by atoms with Crippen molar-refractivity contribution in [2.45, 2.75) is 6.92 Å². The van der Waals surface area contributed by atoms with Crippen molar-refractivity contribution in [3.05, 3.63) is 93.3 Å². The highest BCUT2D eigenvalue weighted by molar-refractivity contribution is 9.10. The number of benzene rings is 3. The molecule has 0 saturated carbocycles. The van der Waals surface area contributed by atoms with Crippen molar-refractivity contribution in [2.24, 2.45) is 0 Å². The first-order chi connectivity index (χ1) is 17.8. The molecule has 1 saturated heterocycles. The number of nitrogens with zero attached hydrogens (tertiary/aromatic N) is 1. The summed E-state index contributed by atoms with van der Waals surface area (Å²) in [5.41, 5.74) is 2.89. The topological polar surface area (TPSA) is 105 Å². The quantitative estimate of drug-likeness (QED) is 0.344. The van der Waals surface area contributed by atoms with E-state index in [1.165, 1.54) is 0 Å². The largest absolute Gasteiger partial charge is 0.483 e. The summed E-state index contributed by atoms with van der Waals surface area (Å²) >= 11 is 4.19. The Kier molecular flexibility index (Phi) is 8.42. The Hall–Kier alpha value is -3.89. The van der Waals surface area contributed by atoms with Gasteiger partial charge in [-0.05, 0) is 82.2 Å². The number of nitrogens with one attached hydrogen (secondary N) is 2. The molecule has 2 N–H and O–H groups in total. The van der Waals surface area contributed by atoms with Crippen molar-refractivity contribution in [1.29, 1.82) is 0 Å². The summed E-state index contributed by atoms with van der Waals surface area (Å²) in [5.74, 6) is -0.856. The summed E-state index contributed by atoms with van der Waals surface area (Å²) in [6.07, 6.45) is 1.57. The van der Waals surface area contributed by atoms with E-state index in [4.69, 9.17) is 4.74 Å². The molecular formula is C27H22BrN3O5S. The second-order valence-corrected chi connectivity index (χ2v) is 9.87. The summed E-state index contributed by atoms with van der Waals surface area (Å²) in [5, 5.41) is 4.95. The molecule has 1 heterocycles. The Labute approximate surface area is 226 Å². The SMILES string of the molecule is Cc1ccccc1NC(=O)COc1ccc(/C=C2\SC(=O)N(CC(=O)Nc3ccccc3)C2=O)cc1Br. The van der Waals surface area contributed by atoms with Crippen molar-refractivity contribution in [3.63, 3.8) is 0 Å². The Balaban J connectivity index is 1.35. The Morgan fingerprint density at radius 3 is 2.43 bits per heavy atom. The number of aryl methyl sites for hydroxylation is 1. The van der Waals surface area contributed by atoms with Crippen LogP contribution in [0.25, 0.3) is 6.08 Å². The van der Waals surface area contributed by atoms with Crippen LogP contribution < -0.4 is 15.4 Å². The van der Waals surface area contributed by atoms with Crippen molar-refractivity contribution >= 4 is 68.1 Å². The standard InChI is InChI=1S/C27H22BrN3O5S/c1-17-7-5-6-10-21(17)30-25(33)16-36-22-12-11-18(13-20(22)28)14-23-26(34)31(27(35)37-23)15-24(32)29-19-8-3-2-4-9-19/h2-14H,15-16H2,1H3,(H,29,32)(H,30,33)/b23-14-.